The highest BCUT2D eigenvalue weighted by atomic mass is 19.1. The summed E-state index contributed by atoms with van der Waals surface area (Å²) in [6.07, 6.45) is -0.581. The standard InChI is InChI=1S/C27H23FN2O7/c1-26-21(31)14-27(37-26,12-13-36-16-8-6-15(28)7-9-16)23-22(26)24(32)29(25(23)33)19-10-11-20(30(34)35)18-5-3-2-4-17(18)19/h2-11,21-23,31H,12-14H2,1H3/t21?,22-,23+,26-,27?/m1/s1. The van der Waals surface area contributed by atoms with Crippen molar-refractivity contribution in [3.05, 3.63) is 76.6 Å². The molecule has 3 aliphatic heterocycles. The summed E-state index contributed by atoms with van der Waals surface area (Å²) < 4.78 is 25.3. The predicted octanol–water partition coefficient (Wildman–Crippen LogP) is 3.75. The van der Waals surface area contributed by atoms with Crippen LogP contribution < -0.4 is 9.64 Å². The summed E-state index contributed by atoms with van der Waals surface area (Å²) in [5.41, 5.74) is -2.25. The fourth-order valence-corrected chi connectivity index (χ4v) is 6.36. The number of halogens is 1. The maximum Gasteiger partial charge on any atom is 0.277 e. The van der Waals surface area contributed by atoms with E-state index in [1.54, 1.807) is 31.2 Å². The molecule has 2 amide bonds. The van der Waals surface area contributed by atoms with Crippen LogP contribution in [0.15, 0.2) is 60.7 Å². The number of aliphatic hydroxyl groups is 1. The minimum absolute atomic E-state index is 0.125. The quantitative estimate of drug-likeness (QED) is 0.307. The summed E-state index contributed by atoms with van der Waals surface area (Å²) in [5.74, 6) is -2.68. The highest BCUT2D eigenvalue weighted by molar-refractivity contribution is 6.26. The number of fused-ring (bicyclic) bond motifs is 6. The molecule has 10 heteroatoms. The molecular formula is C27H23FN2O7. The average Bonchev–Trinajstić information content (AvgIpc) is 3.40. The zero-order valence-corrected chi connectivity index (χ0v) is 19.8. The molecule has 3 heterocycles. The van der Waals surface area contributed by atoms with Gasteiger partial charge in [-0.25, -0.2) is 9.29 Å². The van der Waals surface area contributed by atoms with Crippen molar-refractivity contribution in [1.82, 2.24) is 0 Å². The average molecular weight is 506 g/mol. The topological polar surface area (TPSA) is 119 Å². The zero-order chi connectivity index (χ0) is 26.1. The number of carbonyl (C=O) groups is 2. The lowest BCUT2D eigenvalue weighted by Gasteiger charge is -2.33. The second-order valence-corrected chi connectivity index (χ2v) is 10.00. The Balaban J connectivity index is 1.36. The van der Waals surface area contributed by atoms with Crippen molar-refractivity contribution in [2.45, 2.75) is 37.1 Å². The highest BCUT2D eigenvalue weighted by Crippen LogP contribution is 2.62. The van der Waals surface area contributed by atoms with Crippen LogP contribution in [0.1, 0.15) is 19.8 Å². The summed E-state index contributed by atoms with van der Waals surface area (Å²) in [5, 5.41) is 23.2. The second-order valence-electron chi connectivity index (χ2n) is 10.00. The first-order chi connectivity index (χ1) is 17.7. The van der Waals surface area contributed by atoms with Crippen molar-refractivity contribution < 1.29 is 33.5 Å². The van der Waals surface area contributed by atoms with Gasteiger partial charge < -0.3 is 14.6 Å². The molecular weight excluding hydrogens is 483 g/mol. The van der Waals surface area contributed by atoms with E-state index in [4.69, 9.17) is 9.47 Å². The van der Waals surface area contributed by atoms with Crippen LogP contribution >= 0.6 is 0 Å². The molecule has 0 spiro atoms. The fourth-order valence-electron chi connectivity index (χ4n) is 6.36. The maximum absolute atomic E-state index is 13.9. The summed E-state index contributed by atoms with van der Waals surface area (Å²) in [4.78, 5) is 39.8. The Hall–Kier alpha value is -3.89. The van der Waals surface area contributed by atoms with Gasteiger partial charge in [0.1, 0.15) is 17.2 Å². The van der Waals surface area contributed by atoms with E-state index in [-0.39, 0.29) is 30.8 Å². The number of hydrogen-bond acceptors (Lipinski definition) is 7. The molecule has 1 N–H and O–H groups in total. The Kier molecular flexibility index (Phi) is 5.12. The lowest BCUT2D eigenvalue weighted by atomic mass is 9.66. The third-order valence-corrected chi connectivity index (χ3v) is 8.04. The summed E-state index contributed by atoms with van der Waals surface area (Å²) in [6.45, 7) is 1.77. The number of non-ortho nitro benzene ring substituents is 1. The molecule has 3 aromatic carbocycles. The fraction of sp³-hybridized carbons (Fsp3) is 0.333. The molecule has 0 saturated carbocycles. The number of rotatable bonds is 6. The lowest BCUT2D eigenvalue weighted by Crippen LogP contribution is -2.49. The van der Waals surface area contributed by atoms with E-state index in [0.717, 1.165) is 4.90 Å². The van der Waals surface area contributed by atoms with Crippen molar-refractivity contribution in [2.24, 2.45) is 11.8 Å². The molecule has 5 atom stereocenters. The molecule has 37 heavy (non-hydrogen) atoms. The third kappa shape index (κ3) is 3.29. The normalized spacial score (nSPS) is 30.2. The van der Waals surface area contributed by atoms with E-state index >= 15 is 0 Å². The molecule has 3 aliphatic rings. The molecule has 9 nitrogen and oxygen atoms in total. The molecule has 3 fully saturated rings. The Morgan fingerprint density at radius 1 is 1.08 bits per heavy atom. The SMILES string of the molecule is C[C@@]12OC(CCOc3ccc(F)cc3)(CC1O)[C@@H]1C(=O)N(c3ccc([N+](=O)[O-])c4ccccc34)C(=O)[C@@H]12. The van der Waals surface area contributed by atoms with Crippen molar-refractivity contribution in [1.29, 1.82) is 0 Å². The number of ether oxygens (including phenoxy) is 2. The summed E-state index contributed by atoms with van der Waals surface area (Å²) in [6, 6.07) is 14.8. The van der Waals surface area contributed by atoms with Gasteiger partial charge in [-0.1, -0.05) is 18.2 Å². The minimum Gasteiger partial charge on any atom is -0.493 e. The number of carbonyl (C=O) groups excluding carboxylic acids is 2. The predicted molar refractivity (Wildman–Crippen MR) is 129 cm³/mol. The molecule has 0 aromatic heterocycles. The van der Waals surface area contributed by atoms with Crippen LogP contribution in [0.4, 0.5) is 15.8 Å². The van der Waals surface area contributed by atoms with E-state index in [1.165, 1.54) is 36.4 Å². The molecule has 0 aliphatic carbocycles. The van der Waals surface area contributed by atoms with Gasteiger partial charge >= 0.3 is 0 Å². The Labute approximate surface area is 210 Å². The van der Waals surface area contributed by atoms with Gasteiger partial charge in [-0.3, -0.25) is 19.7 Å². The number of hydrogen-bond donors (Lipinski definition) is 1. The van der Waals surface area contributed by atoms with Crippen LogP contribution in [0.3, 0.4) is 0 Å². The van der Waals surface area contributed by atoms with Crippen LogP contribution in [0, 0.1) is 27.8 Å². The number of nitro benzene ring substituents is 1. The van der Waals surface area contributed by atoms with Gasteiger partial charge in [0.2, 0.25) is 11.8 Å². The van der Waals surface area contributed by atoms with Crippen LogP contribution in [0.25, 0.3) is 10.8 Å². The van der Waals surface area contributed by atoms with Gasteiger partial charge in [-0.05, 0) is 43.3 Å². The van der Waals surface area contributed by atoms with Crippen molar-refractivity contribution in [2.75, 3.05) is 11.5 Å². The zero-order valence-electron chi connectivity index (χ0n) is 19.8. The second kappa shape index (κ2) is 8.06. The molecule has 2 bridgehead atoms. The third-order valence-electron chi connectivity index (χ3n) is 8.04. The number of amides is 2. The first kappa shape index (κ1) is 23.5. The first-order valence-electron chi connectivity index (χ1n) is 12.0. The molecule has 3 aromatic rings. The van der Waals surface area contributed by atoms with Gasteiger partial charge in [-0.15, -0.1) is 0 Å². The summed E-state index contributed by atoms with van der Waals surface area (Å²) >= 11 is 0. The largest absolute Gasteiger partial charge is 0.493 e. The molecule has 0 radical (unpaired) electrons. The Morgan fingerprint density at radius 2 is 1.76 bits per heavy atom. The molecule has 6 rings (SSSR count). The first-order valence-corrected chi connectivity index (χ1v) is 12.0. The molecule has 2 unspecified atom stereocenters. The lowest BCUT2D eigenvalue weighted by molar-refractivity contribution is -0.383. The van der Waals surface area contributed by atoms with Crippen LogP contribution in [-0.2, 0) is 14.3 Å². The van der Waals surface area contributed by atoms with Crippen LogP contribution in [0.2, 0.25) is 0 Å². The minimum atomic E-state index is -1.27. The number of imide groups is 1. The van der Waals surface area contributed by atoms with Gasteiger partial charge in [-0.2, -0.15) is 0 Å². The van der Waals surface area contributed by atoms with E-state index in [1.807, 2.05) is 0 Å². The Bertz CT molecular complexity index is 1460. The molecule has 190 valence electrons. The number of nitro groups is 1. The smallest absolute Gasteiger partial charge is 0.277 e. The number of benzene rings is 3. The van der Waals surface area contributed by atoms with E-state index in [0.29, 0.717) is 16.5 Å². The van der Waals surface area contributed by atoms with E-state index in [9.17, 15) is 29.2 Å². The van der Waals surface area contributed by atoms with Crippen molar-refractivity contribution >= 4 is 34.0 Å². The van der Waals surface area contributed by atoms with Crippen LogP contribution in [-0.4, -0.2) is 45.8 Å². The van der Waals surface area contributed by atoms with Crippen molar-refractivity contribution in [3.63, 3.8) is 0 Å². The molecule has 3 saturated heterocycles. The van der Waals surface area contributed by atoms with Gasteiger partial charge in [0.25, 0.3) is 5.69 Å². The van der Waals surface area contributed by atoms with Crippen molar-refractivity contribution in [3.8, 4) is 5.75 Å². The number of aliphatic hydroxyl groups excluding tert-OH is 1. The van der Waals surface area contributed by atoms with Crippen LogP contribution in [0.5, 0.6) is 5.75 Å². The summed E-state index contributed by atoms with van der Waals surface area (Å²) in [7, 11) is 0. The number of anilines is 1. The van der Waals surface area contributed by atoms with Gasteiger partial charge in [0, 0.05) is 24.3 Å². The van der Waals surface area contributed by atoms with E-state index < -0.39 is 51.7 Å². The monoisotopic (exact) mass is 506 g/mol. The van der Waals surface area contributed by atoms with Gasteiger partial charge in [0.15, 0.2) is 0 Å². The highest BCUT2D eigenvalue weighted by Gasteiger charge is 2.77. The van der Waals surface area contributed by atoms with Gasteiger partial charge in [0.05, 0.1) is 46.1 Å². The maximum atomic E-state index is 13.9. The van der Waals surface area contributed by atoms with E-state index in [2.05, 4.69) is 0 Å². The Morgan fingerprint density at radius 3 is 2.46 bits per heavy atom. The number of nitrogens with zero attached hydrogens (tertiary/aromatic N) is 2.